The van der Waals surface area contributed by atoms with Gasteiger partial charge in [-0.2, -0.15) is 0 Å². The summed E-state index contributed by atoms with van der Waals surface area (Å²) in [6.45, 7) is 4.63. The molecule has 2 N–H and O–H groups in total. The van der Waals surface area contributed by atoms with Crippen LogP contribution < -0.4 is 14.9 Å². The molecule has 2 heterocycles. The lowest BCUT2D eigenvalue weighted by Gasteiger charge is -2.18. The Morgan fingerprint density at radius 2 is 2.04 bits per heavy atom. The first-order valence-corrected chi connectivity index (χ1v) is 10.3. The van der Waals surface area contributed by atoms with E-state index in [4.69, 9.17) is 0 Å². The molecule has 9 heteroatoms. The standard InChI is InChI=1S/C16H20N4O3S2.2H2/c1-11(2)18-14-7-9-20(15(14)21)12-3-5-13(6-4-12)25(22,23)19-16-17-8-10-24-16;;/h3-6,8,10-11,14,18H,7,9H2,1-2H3,(H,17,19);2*1H/t14-;;/m0../s1. The highest BCUT2D eigenvalue weighted by Crippen LogP contribution is 2.25. The van der Waals surface area contributed by atoms with Crippen LogP contribution in [0.1, 0.15) is 23.1 Å². The molecule has 1 saturated heterocycles. The minimum atomic E-state index is -3.68. The van der Waals surface area contributed by atoms with Crippen molar-refractivity contribution in [3.8, 4) is 0 Å². The number of nitrogens with zero attached hydrogens (tertiary/aromatic N) is 2. The van der Waals surface area contributed by atoms with Crippen LogP contribution in [-0.4, -0.2) is 37.9 Å². The lowest BCUT2D eigenvalue weighted by atomic mass is 10.2. The van der Waals surface area contributed by atoms with Gasteiger partial charge < -0.3 is 10.2 Å². The maximum Gasteiger partial charge on any atom is 0.263 e. The minimum Gasteiger partial charge on any atom is -0.311 e. The topological polar surface area (TPSA) is 91.4 Å². The van der Waals surface area contributed by atoms with Crippen molar-refractivity contribution >= 4 is 38.1 Å². The van der Waals surface area contributed by atoms with Gasteiger partial charge in [0.1, 0.15) is 0 Å². The molecule has 1 aromatic carbocycles. The lowest BCUT2D eigenvalue weighted by molar-refractivity contribution is -0.118. The van der Waals surface area contributed by atoms with E-state index in [0.29, 0.717) is 17.4 Å². The van der Waals surface area contributed by atoms with Gasteiger partial charge in [-0.3, -0.25) is 9.52 Å². The molecule has 25 heavy (non-hydrogen) atoms. The first-order valence-electron chi connectivity index (χ1n) is 7.96. The summed E-state index contributed by atoms with van der Waals surface area (Å²) in [5.41, 5.74) is 0.700. The number of carbonyl (C=O) groups excluding carboxylic acids is 1. The molecule has 1 aliphatic rings. The van der Waals surface area contributed by atoms with Gasteiger partial charge in [0.05, 0.1) is 10.9 Å². The van der Waals surface area contributed by atoms with E-state index < -0.39 is 10.0 Å². The van der Waals surface area contributed by atoms with Gasteiger partial charge in [0.15, 0.2) is 5.13 Å². The molecule has 1 atom stereocenters. The Morgan fingerprint density at radius 3 is 2.64 bits per heavy atom. The van der Waals surface area contributed by atoms with E-state index >= 15 is 0 Å². The van der Waals surface area contributed by atoms with Crippen LogP contribution >= 0.6 is 11.3 Å². The van der Waals surface area contributed by atoms with Gasteiger partial charge in [-0.1, -0.05) is 13.8 Å². The number of amides is 1. The number of hydrogen-bond donors (Lipinski definition) is 2. The number of thiazole rings is 1. The van der Waals surface area contributed by atoms with Gasteiger partial charge in [0.25, 0.3) is 10.0 Å². The van der Waals surface area contributed by atoms with Crippen molar-refractivity contribution in [2.45, 2.75) is 37.2 Å². The van der Waals surface area contributed by atoms with Crippen LogP contribution in [0.2, 0.25) is 0 Å². The molecular formula is C16H24N4O3S2. The molecule has 3 rings (SSSR count). The molecule has 7 nitrogen and oxygen atoms in total. The van der Waals surface area contributed by atoms with Crippen LogP contribution in [0.3, 0.4) is 0 Å². The predicted octanol–water partition coefficient (Wildman–Crippen LogP) is 2.54. The fourth-order valence-electron chi connectivity index (χ4n) is 2.75. The van der Waals surface area contributed by atoms with Crippen LogP contribution in [0, 0.1) is 0 Å². The fourth-order valence-corrected chi connectivity index (χ4v) is 4.53. The zero-order valence-corrected chi connectivity index (χ0v) is 15.6. The number of sulfonamides is 1. The summed E-state index contributed by atoms with van der Waals surface area (Å²) in [5, 5.41) is 5.27. The maximum atomic E-state index is 12.5. The number of rotatable bonds is 6. The molecule has 0 bridgehead atoms. The fraction of sp³-hybridized carbons (Fsp3) is 0.375. The van der Waals surface area contributed by atoms with Gasteiger partial charge in [-0.15, -0.1) is 11.3 Å². The molecule has 0 radical (unpaired) electrons. The molecule has 1 aliphatic heterocycles. The highest BCUT2D eigenvalue weighted by Gasteiger charge is 2.32. The predicted molar refractivity (Wildman–Crippen MR) is 103 cm³/mol. The van der Waals surface area contributed by atoms with E-state index in [0.717, 1.165) is 6.42 Å². The normalized spacial score (nSPS) is 18.1. The zero-order chi connectivity index (χ0) is 18.0. The Kier molecular flexibility index (Phi) is 5.07. The second-order valence-corrected chi connectivity index (χ2v) is 8.67. The third-order valence-electron chi connectivity index (χ3n) is 3.85. The van der Waals surface area contributed by atoms with Crippen LogP contribution in [0.5, 0.6) is 0 Å². The molecule has 138 valence electrons. The summed E-state index contributed by atoms with van der Waals surface area (Å²) in [4.78, 5) is 18.2. The lowest BCUT2D eigenvalue weighted by Crippen LogP contribution is -2.41. The third kappa shape index (κ3) is 4.00. The van der Waals surface area contributed by atoms with Crippen LogP contribution in [0.4, 0.5) is 10.8 Å². The monoisotopic (exact) mass is 384 g/mol. The number of hydrogen-bond acceptors (Lipinski definition) is 6. The van der Waals surface area contributed by atoms with E-state index in [9.17, 15) is 13.2 Å². The van der Waals surface area contributed by atoms with Gasteiger partial charge in [0.2, 0.25) is 5.91 Å². The first-order chi connectivity index (χ1) is 11.9. The number of benzene rings is 1. The first kappa shape index (κ1) is 17.8. The molecule has 0 aliphatic carbocycles. The van der Waals surface area contributed by atoms with E-state index in [1.165, 1.54) is 29.7 Å². The summed E-state index contributed by atoms with van der Waals surface area (Å²) in [7, 11) is -3.68. The van der Waals surface area contributed by atoms with Gasteiger partial charge in [0, 0.05) is 32.7 Å². The maximum absolute atomic E-state index is 12.5. The minimum absolute atomic E-state index is 0. The summed E-state index contributed by atoms with van der Waals surface area (Å²) in [6.07, 6.45) is 2.27. The van der Waals surface area contributed by atoms with Gasteiger partial charge in [-0.25, -0.2) is 13.4 Å². The Labute approximate surface area is 154 Å². The molecule has 2 aromatic rings. The Morgan fingerprint density at radius 1 is 1.32 bits per heavy atom. The Bertz CT molecular complexity index is 843. The van der Waals surface area contributed by atoms with Crippen LogP contribution in [0.25, 0.3) is 0 Å². The van der Waals surface area contributed by atoms with Crippen molar-refractivity contribution in [2.24, 2.45) is 0 Å². The molecule has 1 fully saturated rings. The average Bonchev–Trinajstić information content (AvgIpc) is 3.18. The van der Waals surface area contributed by atoms with E-state index in [1.807, 2.05) is 13.8 Å². The third-order valence-corrected chi connectivity index (χ3v) is 6.03. The quantitative estimate of drug-likeness (QED) is 0.799. The Balaban J connectivity index is 0.00000182. The van der Waals surface area contributed by atoms with Crippen LogP contribution in [0.15, 0.2) is 40.7 Å². The zero-order valence-electron chi connectivity index (χ0n) is 14.0. The number of aromatic nitrogens is 1. The Hall–Kier alpha value is -1.97. The summed E-state index contributed by atoms with van der Waals surface area (Å²) in [6, 6.07) is 6.37. The summed E-state index contributed by atoms with van der Waals surface area (Å²) < 4.78 is 27.1. The largest absolute Gasteiger partial charge is 0.311 e. The highest BCUT2D eigenvalue weighted by atomic mass is 32.2. The van der Waals surface area contributed by atoms with Gasteiger partial charge in [-0.05, 0) is 30.7 Å². The second-order valence-electron chi connectivity index (χ2n) is 6.09. The molecule has 0 unspecified atom stereocenters. The van der Waals surface area contributed by atoms with Crippen molar-refractivity contribution in [1.82, 2.24) is 10.3 Å². The SMILES string of the molecule is CC(C)N[C@H]1CCN(c2ccc(S(=O)(=O)Nc3nccs3)cc2)C1=O.[HH].[HH]. The van der Waals surface area contributed by atoms with Gasteiger partial charge >= 0.3 is 0 Å². The van der Waals surface area contributed by atoms with Crippen molar-refractivity contribution in [1.29, 1.82) is 0 Å². The highest BCUT2D eigenvalue weighted by molar-refractivity contribution is 7.93. The van der Waals surface area contributed by atoms with Crippen molar-refractivity contribution in [3.63, 3.8) is 0 Å². The summed E-state index contributed by atoms with van der Waals surface area (Å²) in [5.74, 6) is 0.0187. The van der Waals surface area contributed by atoms with E-state index in [2.05, 4.69) is 15.0 Å². The molecule has 1 amide bonds. The second kappa shape index (κ2) is 7.11. The smallest absolute Gasteiger partial charge is 0.263 e. The van der Waals surface area contributed by atoms with Crippen LogP contribution in [-0.2, 0) is 14.8 Å². The summed E-state index contributed by atoms with van der Waals surface area (Å²) >= 11 is 1.21. The number of anilines is 2. The van der Waals surface area contributed by atoms with E-state index in [-0.39, 0.29) is 25.7 Å². The molecule has 0 saturated carbocycles. The van der Waals surface area contributed by atoms with Crippen molar-refractivity contribution in [3.05, 3.63) is 35.8 Å². The number of nitrogens with one attached hydrogen (secondary N) is 2. The number of carbonyl (C=O) groups is 1. The average molecular weight is 385 g/mol. The molecular weight excluding hydrogens is 360 g/mol. The van der Waals surface area contributed by atoms with Crippen molar-refractivity contribution in [2.75, 3.05) is 16.2 Å². The van der Waals surface area contributed by atoms with E-state index in [1.54, 1.807) is 22.4 Å². The molecule has 1 aromatic heterocycles. The van der Waals surface area contributed by atoms with Crippen molar-refractivity contribution < 1.29 is 16.1 Å². The molecule has 0 spiro atoms.